The van der Waals surface area contributed by atoms with Crippen LogP contribution < -0.4 is 10.6 Å². The molecule has 0 aliphatic heterocycles. The monoisotopic (exact) mass is 266 g/mol. The summed E-state index contributed by atoms with van der Waals surface area (Å²) in [5.74, 6) is -0.486. The third-order valence-corrected chi connectivity index (χ3v) is 2.52. The van der Waals surface area contributed by atoms with Gasteiger partial charge in [-0.3, -0.25) is 4.79 Å². The van der Waals surface area contributed by atoms with Crippen molar-refractivity contribution in [3.63, 3.8) is 0 Å². The van der Waals surface area contributed by atoms with Gasteiger partial charge in [0.25, 0.3) is 0 Å². The number of carbonyl (C=O) groups is 1. The van der Waals surface area contributed by atoms with Gasteiger partial charge in [0.05, 0.1) is 17.1 Å². The highest BCUT2D eigenvalue weighted by atomic mass is 35.5. The topological polar surface area (TPSA) is 46.3 Å². The summed E-state index contributed by atoms with van der Waals surface area (Å²) in [5.41, 5.74) is 4.24. The summed E-state index contributed by atoms with van der Waals surface area (Å²) in [6.45, 7) is -0.277. The van der Waals surface area contributed by atoms with Crippen LogP contribution >= 0.6 is 11.6 Å². The van der Waals surface area contributed by atoms with Crippen molar-refractivity contribution in [3.05, 3.63) is 28.8 Å². The third-order valence-electron chi connectivity index (χ3n) is 2.19. The summed E-state index contributed by atoms with van der Waals surface area (Å²) < 4.78 is 37.7. The Hall–Kier alpha value is -1.27. The fourth-order valence-electron chi connectivity index (χ4n) is 1.22. The summed E-state index contributed by atoms with van der Waals surface area (Å²) in [5, 5.41) is -0.408. The Morgan fingerprint density at radius 3 is 2.53 bits per heavy atom. The van der Waals surface area contributed by atoms with Gasteiger partial charge >= 0.3 is 6.18 Å². The SMILES string of the molecule is CN(C(=O)CN)c1ccc(Cl)c(C(F)(F)F)c1. The molecule has 0 spiro atoms. The summed E-state index contributed by atoms with van der Waals surface area (Å²) in [6, 6.07) is 3.24. The maximum atomic E-state index is 12.6. The summed E-state index contributed by atoms with van der Waals surface area (Å²) in [7, 11) is 1.35. The Kier molecular flexibility index (Phi) is 4.00. The Bertz CT molecular complexity index is 434. The van der Waals surface area contributed by atoms with Crippen molar-refractivity contribution in [2.24, 2.45) is 5.73 Å². The van der Waals surface area contributed by atoms with Gasteiger partial charge in [-0.2, -0.15) is 13.2 Å². The average Bonchev–Trinajstić information content (AvgIpc) is 2.26. The van der Waals surface area contributed by atoms with Crippen LogP contribution in [-0.4, -0.2) is 19.5 Å². The minimum atomic E-state index is -4.56. The number of likely N-dealkylation sites (N-methyl/N-ethyl adjacent to an activating group) is 1. The number of benzene rings is 1. The lowest BCUT2D eigenvalue weighted by molar-refractivity contribution is -0.137. The first-order valence-electron chi connectivity index (χ1n) is 4.60. The van der Waals surface area contributed by atoms with Crippen molar-refractivity contribution in [3.8, 4) is 0 Å². The van der Waals surface area contributed by atoms with E-state index < -0.39 is 22.7 Å². The molecule has 17 heavy (non-hydrogen) atoms. The Labute approximate surface area is 101 Å². The molecule has 7 heteroatoms. The second-order valence-corrected chi connectivity index (χ2v) is 3.73. The number of hydrogen-bond donors (Lipinski definition) is 1. The predicted octanol–water partition coefficient (Wildman–Crippen LogP) is 2.28. The summed E-state index contributed by atoms with van der Waals surface area (Å²) in [4.78, 5) is 12.3. The van der Waals surface area contributed by atoms with Crippen LogP contribution in [0.3, 0.4) is 0 Å². The van der Waals surface area contributed by atoms with Crippen LogP contribution in [-0.2, 0) is 11.0 Å². The minimum absolute atomic E-state index is 0.0946. The fourth-order valence-corrected chi connectivity index (χ4v) is 1.44. The van der Waals surface area contributed by atoms with E-state index in [-0.39, 0.29) is 12.2 Å². The van der Waals surface area contributed by atoms with E-state index in [4.69, 9.17) is 17.3 Å². The molecule has 0 radical (unpaired) electrons. The van der Waals surface area contributed by atoms with E-state index >= 15 is 0 Å². The molecule has 1 aromatic carbocycles. The lowest BCUT2D eigenvalue weighted by atomic mass is 10.2. The van der Waals surface area contributed by atoms with Gasteiger partial charge in [0.1, 0.15) is 0 Å². The number of carbonyl (C=O) groups excluding carboxylic acids is 1. The van der Waals surface area contributed by atoms with E-state index in [0.717, 1.165) is 17.0 Å². The van der Waals surface area contributed by atoms with Crippen LogP contribution in [0.5, 0.6) is 0 Å². The normalized spacial score (nSPS) is 11.4. The first-order valence-corrected chi connectivity index (χ1v) is 4.98. The van der Waals surface area contributed by atoms with Gasteiger partial charge in [0, 0.05) is 12.7 Å². The van der Waals surface area contributed by atoms with Crippen LogP contribution in [0.15, 0.2) is 18.2 Å². The number of rotatable bonds is 2. The Balaban J connectivity index is 3.17. The molecule has 94 valence electrons. The van der Waals surface area contributed by atoms with E-state index in [1.165, 1.54) is 13.1 Å². The lowest BCUT2D eigenvalue weighted by Gasteiger charge is -2.18. The van der Waals surface area contributed by atoms with Crippen LogP contribution in [0.4, 0.5) is 18.9 Å². The van der Waals surface area contributed by atoms with Crippen LogP contribution in [0.2, 0.25) is 5.02 Å². The first-order chi connectivity index (χ1) is 7.77. The Morgan fingerprint density at radius 1 is 1.47 bits per heavy atom. The smallest absolute Gasteiger partial charge is 0.322 e. The molecule has 0 bridgehead atoms. The number of nitrogens with two attached hydrogens (primary N) is 1. The number of anilines is 1. The molecule has 1 amide bonds. The molecule has 0 fully saturated rings. The van der Waals surface area contributed by atoms with Crippen molar-refractivity contribution in [1.29, 1.82) is 0 Å². The largest absolute Gasteiger partial charge is 0.417 e. The maximum absolute atomic E-state index is 12.6. The van der Waals surface area contributed by atoms with Crippen molar-refractivity contribution in [2.45, 2.75) is 6.18 Å². The summed E-state index contributed by atoms with van der Waals surface area (Å²) in [6.07, 6.45) is -4.56. The number of amides is 1. The van der Waals surface area contributed by atoms with Crippen LogP contribution in [0, 0.1) is 0 Å². The lowest BCUT2D eigenvalue weighted by Crippen LogP contribution is -2.32. The van der Waals surface area contributed by atoms with Gasteiger partial charge in [-0.15, -0.1) is 0 Å². The number of nitrogens with zero attached hydrogens (tertiary/aromatic N) is 1. The minimum Gasteiger partial charge on any atom is -0.322 e. The molecule has 0 unspecified atom stereocenters. The highest BCUT2D eigenvalue weighted by Gasteiger charge is 2.33. The molecule has 0 atom stereocenters. The maximum Gasteiger partial charge on any atom is 0.417 e. The van der Waals surface area contributed by atoms with E-state index in [1.807, 2.05) is 0 Å². The van der Waals surface area contributed by atoms with Crippen LogP contribution in [0.1, 0.15) is 5.56 Å². The zero-order valence-electron chi connectivity index (χ0n) is 8.88. The highest BCUT2D eigenvalue weighted by Crippen LogP contribution is 2.36. The third kappa shape index (κ3) is 3.10. The molecule has 0 saturated carbocycles. The molecule has 3 nitrogen and oxygen atoms in total. The van der Waals surface area contributed by atoms with E-state index in [1.54, 1.807) is 0 Å². The molecule has 0 aromatic heterocycles. The Morgan fingerprint density at radius 2 is 2.06 bits per heavy atom. The molecule has 0 aliphatic carbocycles. The van der Waals surface area contributed by atoms with Gasteiger partial charge in [0.15, 0.2) is 0 Å². The molecular weight excluding hydrogens is 257 g/mol. The van der Waals surface area contributed by atoms with Gasteiger partial charge in [-0.1, -0.05) is 11.6 Å². The second-order valence-electron chi connectivity index (χ2n) is 3.32. The van der Waals surface area contributed by atoms with Gasteiger partial charge < -0.3 is 10.6 Å². The van der Waals surface area contributed by atoms with Gasteiger partial charge in [0.2, 0.25) is 5.91 Å². The highest BCUT2D eigenvalue weighted by molar-refractivity contribution is 6.31. The molecule has 1 aromatic rings. The fraction of sp³-hybridized carbons (Fsp3) is 0.300. The zero-order valence-corrected chi connectivity index (χ0v) is 9.64. The molecular formula is C10H10ClF3N2O. The quantitative estimate of drug-likeness (QED) is 0.893. The number of alkyl halides is 3. The van der Waals surface area contributed by atoms with Gasteiger partial charge in [-0.25, -0.2) is 0 Å². The molecule has 2 N–H and O–H groups in total. The van der Waals surface area contributed by atoms with E-state index in [2.05, 4.69) is 0 Å². The van der Waals surface area contributed by atoms with Crippen molar-refractivity contribution < 1.29 is 18.0 Å². The molecule has 0 aliphatic rings. The first kappa shape index (κ1) is 13.8. The average molecular weight is 267 g/mol. The number of halogens is 4. The summed E-state index contributed by atoms with van der Waals surface area (Å²) >= 11 is 5.45. The van der Waals surface area contributed by atoms with Crippen molar-refractivity contribution >= 4 is 23.2 Å². The van der Waals surface area contributed by atoms with E-state index in [0.29, 0.717) is 0 Å². The number of hydrogen-bond acceptors (Lipinski definition) is 2. The zero-order chi connectivity index (χ0) is 13.2. The van der Waals surface area contributed by atoms with Crippen LogP contribution in [0.25, 0.3) is 0 Å². The molecule has 1 rings (SSSR count). The second kappa shape index (κ2) is 4.93. The van der Waals surface area contributed by atoms with Crippen molar-refractivity contribution in [1.82, 2.24) is 0 Å². The van der Waals surface area contributed by atoms with E-state index in [9.17, 15) is 18.0 Å². The van der Waals surface area contributed by atoms with Crippen molar-refractivity contribution in [2.75, 3.05) is 18.5 Å². The standard InChI is InChI=1S/C10H10ClF3N2O/c1-16(9(17)5-15)6-2-3-8(11)7(4-6)10(12,13)14/h2-4H,5,15H2,1H3. The van der Waals surface area contributed by atoms with Gasteiger partial charge in [-0.05, 0) is 18.2 Å². The molecule has 0 heterocycles. The molecule has 0 saturated heterocycles. The predicted molar refractivity (Wildman–Crippen MR) is 58.9 cm³/mol.